The first kappa shape index (κ1) is 18.2. The van der Waals surface area contributed by atoms with Crippen LogP contribution in [0.3, 0.4) is 0 Å². The first-order valence-corrected chi connectivity index (χ1v) is 11.0. The Hall–Kier alpha value is -3.56. The molecule has 0 amide bonds. The van der Waals surface area contributed by atoms with Gasteiger partial charge in [0.2, 0.25) is 0 Å². The molecule has 0 fully saturated rings. The van der Waals surface area contributed by atoms with Gasteiger partial charge in [0.1, 0.15) is 0 Å². The van der Waals surface area contributed by atoms with Gasteiger partial charge < -0.3 is 0 Å². The van der Waals surface area contributed by atoms with Crippen molar-refractivity contribution in [1.82, 2.24) is 9.97 Å². The summed E-state index contributed by atoms with van der Waals surface area (Å²) in [5.41, 5.74) is 4.04. The molecule has 1 aromatic heterocycles. The molecule has 0 aliphatic heterocycles. The van der Waals surface area contributed by atoms with Crippen LogP contribution in [-0.2, 0) is 0 Å². The van der Waals surface area contributed by atoms with E-state index in [2.05, 4.69) is 101 Å². The van der Waals surface area contributed by atoms with Crippen molar-refractivity contribution >= 4 is 48.4 Å². The second kappa shape index (κ2) is 7.29. The van der Waals surface area contributed by atoms with E-state index in [1.54, 1.807) is 0 Å². The third-order valence-corrected chi connectivity index (χ3v) is 6.26. The number of halogens is 1. The molecule has 0 atom stereocenters. The first-order chi connectivity index (χ1) is 15.3. The third-order valence-electron chi connectivity index (χ3n) is 5.73. The van der Waals surface area contributed by atoms with Crippen LogP contribution in [0.1, 0.15) is 0 Å². The lowest BCUT2D eigenvalue weighted by Gasteiger charge is -2.15. The molecule has 31 heavy (non-hydrogen) atoms. The Morgan fingerprint density at radius 2 is 1.06 bits per heavy atom. The number of hydrogen-bond donors (Lipinski definition) is 0. The summed E-state index contributed by atoms with van der Waals surface area (Å²) in [4.78, 5) is 10.2. The van der Waals surface area contributed by atoms with Crippen LogP contribution < -0.4 is 0 Å². The zero-order valence-electron chi connectivity index (χ0n) is 16.6. The van der Waals surface area contributed by atoms with E-state index in [9.17, 15) is 0 Å². The van der Waals surface area contributed by atoms with Gasteiger partial charge in [-0.05, 0) is 28.3 Å². The van der Waals surface area contributed by atoms with Crippen LogP contribution in [-0.4, -0.2) is 9.97 Å². The highest BCUT2D eigenvalue weighted by molar-refractivity contribution is 9.10. The summed E-state index contributed by atoms with van der Waals surface area (Å²) in [5.74, 6) is 0.735. The predicted octanol–water partition coefficient (Wildman–Crippen LogP) is 8.03. The van der Waals surface area contributed by atoms with Crippen LogP contribution >= 0.6 is 15.9 Å². The molecule has 1 heterocycles. The Morgan fingerprint density at radius 1 is 0.484 bits per heavy atom. The van der Waals surface area contributed by atoms with Crippen LogP contribution in [0.25, 0.3) is 55.1 Å². The molecule has 6 rings (SSSR count). The fraction of sp³-hybridized carbons (Fsp3) is 0. The normalized spacial score (nSPS) is 11.4. The summed E-state index contributed by atoms with van der Waals surface area (Å²) in [5, 5.41) is 5.86. The molecule has 0 radical (unpaired) electrons. The van der Waals surface area contributed by atoms with Gasteiger partial charge >= 0.3 is 0 Å². The summed E-state index contributed by atoms with van der Waals surface area (Å²) in [6.45, 7) is 0. The van der Waals surface area contributed by atoms with Crippen LogP contribution in [0.15, 0.2) is 108 Å². The second-order valence-corrected chi connectivity index (χ2v) is 8.50. The fourth-order valence-corrected chi connectivity index (χ4v) is 4.57. The SMILES string of the molecule is Brc1ccc(-c2nc(-c3ccccc3)c3c4ccccc4c4ccccc4c3n2)cc1. The zero-order chi connectivity index (χ0) is 20.8. The van der Waals surface area contributed by atoms with Crippen molar-refractivity contribution in [2.24, 2.45) is 0 Å². The molecule has 6 aromatic rings. The Balaban J connectivity index is 1.84. The minimum Gasteiger partial charge on any atom is -0.227 e. The fourth-order valence-electron chi connectivity index (χ4n) is 4.30. The molecule has 0 spiro atoms. The Morgan fingerprint density at radius 3 is 1.77 bits per heavy atom. The molecule has 0 aliphatic carbocycles. The van der Waals surface area contributed by atoms with Gasteiger partial charge in [-0.3, -0.25) is 0 Å². The van der Waals surface area contributed by atoms with Gasteiger partial charge in [0.15, 0.2) is 5.82 Å². The summed E-state index contributed by atoms with van der Waals surface area (Å²) in [7, 11) is 0. The van der Waals surface area contributed by atoms with E-state index >= 15 is 0 Å². The zero-order valence-corrected chi connectivity index (χ0v) is 18.2. The summed E-state index contributed by atoms with van der Waals surface area (Å²) >= 11 is 3.53. The lowest BCUT2D eigenvalue weighted by Crippen LogP contribution is -1.97. The monoisotopic (exact) mass is 460 g/mol. The molecular formula is C28H17BrN2. The predicted molar refractivity (Wildman–Crippen MR) is 133 cm³/mol. The molecule has 0 N–H and O–H groups in total. The third kappa shape index (κ3) is 3.01. The molecule has 0 saturated carbocycles. The van der Waals surface area contributed by atoms with E-state index < -0.39 is 0 Å². The van der Waals surface area contributed by atoms with Crippen molar-refractivity contribution in [3.8, 4) is 22.6 Å². The minimum atomic E-state index is 0.735. The highest BCUT2D eigenvalue weighted by Crippen LogP contribution is 2.39. The molecule has 0 aliphatic rings. The smallest absolute Gasteiger partial charge is 0.160 e. The summed E-state index contributed by atoms with van der Waals surface area (Å²) < 4.78 is 1.04. The van der Waals surface area contributed by atoms with Gasteiger partial charge in [0, 0.05) is 26.4 Å². The maximum atomic E-state index is 5.11. The maximum Gasteiger partial charge on any atom is 0.160 e. The molecule has 0 saturated heterocycles. The van der Waals surface area contributed by atoms with Gasteiger partial charge in [-0.1, -0.05) is 107 Å². The molecular weight excluding hydrogens is 444 g/mol. The van der Waals surface area contributed by atoms with E-state index in [1.165, 1.54) is 16.2 Å². The molecule has 0 unspecified atom stereocenters. The van der Waals surface area contributed by atoms with Crippen molar-refractivity contribution in [2.45, 2.75) is 0 Å². The lowest BCUT2D eigenvalue weighted by atomic mass is 9.94. The van der Waals surface area contributed by atoms with Gasteiger partial charge in [-0.2, -0.15) is 0 Å². The van der Waals surface area contributed by atoms with Gasteiger partial charge in [-0.15, -0.1) is 0 Å². The van der Waals surface area contributed by atoms with Crippen molar-refractivity contribution in [2.75, 3.05) is 0 Å². The van der Waals surface area contributed by atoms with E-state index in [1.807, 2.05) is 18.2 Å². The number of aromatic nitrogens is 2. The van der Waals surface area contributed by atoms with Crippen LogP contribution in [0, 0.1) is 0 Å². The molecule has 146 valence electrons. The van der Waals surface area contributed by atoms with E-state index in [0.717, 1.165) is 43.4 Å². The number of fused-ring (bicyclic) bond motifs is 6. The molecule has 0 bridgehead atoms. The summed E-state index contributed by atoms with van der Waals surface area (Å²) in [6, 6.07) is 35.7. The van der Waals surface area contributed by atoms with E-state index in [0.29, 0.717) is 0 Å². The van der Waals surface area contributed by atoms with Crippen LogP contribution in [0.4, 0.5) is 0 Å². The molecule has 3 heteroatoms. The van der Waals surface area contributed by atoms with E-state index in [-0.39, 0.29) is 0 Å². The number of benzene rings is 5. The van der Waals surface area contributed by atoms with Crippen molar-refractivity contribution in [1.29, 1.82) is 0 Å². The van der Waals surface area contributed by atoms with Crippen molar-refractivity contribution in [3.05, 3.63) is 108 Å². The molecule has 2 nitrogen and oxygen atoms in total. The average molecular weight is 461 g/mol. The van der Waals surface area contributed by atoms with Gasteiger partial charge in [0.05, 0.1) is 11.2 Å². The molecule has 5 aromatic carbocycles. The van der Waals surface area contributed by atoms with Crippen LogP contribution in [0.2, 0.25) is 0 Å². The largest absolute Gasteiger partial charge is 0.227 e. The highest BCUT2D eigenvalue weighted by atomic mass is 79.9. The summed E-state index contributed by atoms with van der Waals surface area (Å²) in [6.07, 6.45) is 0. The van der Waals surface area contributed by atoms with Crippen molar-refractivity contribution < 1.29 is 0 Å². The van der Waals surface area contributed by atoms with Crippen molar-refractivity contribution in [3.63, 3.8) is 0 Å². The topological polar surface area (TPSA) is 25.8 Å². The highest BCUT2D eigenvalue weighted by Gasteiger charge is 2.17. The lowest BCUT2D eigenvalue weighted by molar-refractivity contribution is 1.23. The van der Waals surface area contributed by atoms with Gasteiger partial charge in [0.25, 0.3) is 0 Å². The maximum absolute atomic E-state index is 5.11. The second-order valence-electron chi connectivity index (χ2n) is 7.58. The first-order valence-electron chi connectivity index (χ1n) is 10.2. The quantitative estimate of drug-likeness (QED) is 0.244. The average Bonchev–Trinajstić information content (AvgIpc) is 2.84. The number of hydrogen-bond acceptors (Lipinski definition) is 2. The van der Waals surface area contributed by atoms with Gasteiger partial charge in [-0.25, -0.2) is 9.97 Å². The van der Waals surface area contributed by atoms with Crippen LogP contribution in [0.5, 0.6) is 0 Å². The Kier molecular flexibility index (Phi) is 4.29. The minimum absolute atomic E-state index is 0.735. The number of nitrogens with zero attached hydrogens (tertiary/aromatic N) is 2. The number of rotatable bonds is 2. The Bertz CT molecular complexity index is 1570. The Labute approximate surface area is 188 Å². The standard InChI is InChI=1S/C28H17BrN2/c29-20-16-14-19(15-17-20)28-30-26(18-8-2-1-3-9-18)25-23-12-6-4-10-21(23)22-11-5-7-13-24(22)27(25)31-28/h1-17H. The van der Waals surface area contributed by atoms with E-state index in [4.69, 9.17) is 9.97 Å².